The van der Waals surface area contributed by atoms with E-state index in [4.69, 9.17) is 4.74 Å². The minimum absolute atomic E-state index is 0.0617. The fourth-order valence-electron chi connectivity index (χ4n) is 1.65. The van der Waals surface area contributed by atoms with Crippen LogP contribution in [0.2, 0.25) is 0 Å². The van der Waals surface area contributed by atoms with Gasteiger partial charge < -0.3 is 20.7 Å². The monoisotopic (exact) mass is 243 g/mol. The van der Waals surface area contributed by atoms with Gasteiger partial charge in [-0.25, -0.2) is 0 Å². The summed E-state index contributed by atoms with van der Waals surface area (Å²) >= 11 is 0. The van der Waals surface area contributed by atoms with Gasteiger partial charge in [-0.05, 0) is 12.8 Å². The van der Waals surface area contributed by atoms with Crippen molar-refractivity contribution in [2.45, 2.75) is 25.9 Å². The second kappa shape index (κ2) is 8.03. The zero-order valence-electron chi connectivity index (χ0n) is 10.3. The van der Waals surface area contributed by atoms with Crippen LogP contribution in [-0.4, -0.2) is 50.7 Å². The summed E-state index contributed by atoms with van der Waals surface area (Å²) in [5, 5.41) is 8.37. The van der Waals surface area contributed by atoms with Gasteiger partial charge in [-0.2, -0.15) is 0 Å². The fourth-order valence-corrected chi connectivity index (χ4v) is 1.65. The first kappa shape index (κ1) is 13.9. The highest BCUT2D eigenvalue weighted by Crippen LogP contribution is 2.10. The van der Waals surface area contributed by atoms with Gasteiger partial charge in [0.15, 0.2) is 0 Å². The highest BCUT2D eigenvalue weighted by atomic mass is 16.5. The molecule has 0 radical (unpaired) electrons. The Hall–Kier alpha value is -1.14. The van der Waals surface area contributed by atoms with E-state index >= 15 is 0 Å². The third-order valence-electron chi connectivity index (χ3n) is 2.50. The van der Waals surface area contributed by atoms with E-state index in [9.17, 15) is 9.59 Å². The number of carbonyl (C=O) groups excluding carboxylic acids is 2. The Balaban J connectivity index is 1.91. The smallest absolute Gasteiger partial charge is 0.234 e. The first-order valence-electron chi connectivity index (χ1n) is 6.02. The molecule has 0 aromatic heterocycles. The highest BCUT2D eigenvalue weighted by molar-refractivity contribution is 5.78. The summed E-state index contributed by atoms with van der Waals surface area (Å²) in [6.07, 6.45) is 2.43. The fraction of sp³-hybridized carbons (Fsp3) is 0.818. The maximum absolute atomic E-state index is 11.3. The molecule has 1 unspecified atom stereocenters. The summed E-state index contributed by atoms with van der Waals surface area (Å²) in [6.45, 7) is 4.21. The van der Waals surface area contributed by atoms with Crippen LogP contribution >= 0.6 is 0 Å². The van der Waals surface area contributed by atoms with Crippen molar-refractivity contribution in [3.8, 4) is 0 Å². The molecule has 1 aliphatic heterocycles. The Kier molecular flexibility index (Phi) is 6.57. The number of amides is 2. The molecule has 0 aromatic carbocycles. The maximum atomic E-state index is 11.3. The number of carbonyl (C=O) groups is 2. The molecule has 6 heteroatoms. The van der Waals surface area contributed by atoms with Crippen molar-refractivity contribution in [1.29, 1.82) is 0 Å². The Labute approximate surface area is 101 Å². The van der Waals surface area contributed by atoms with Crippen LogP contribution in [0, 0.1) is 0 Å². The van der Waals surface area contributed by atoms with Gasteiger partial charge in [-0.15, -0.1) is 0 Å². The van der Waals surface area contributed by atoms with E-state index in [1.807, 2.05) is 0 Å². The van der Waals surface area contributed by atoms with Crippen molar-refractivity contribution in [2.24, 2.45) is 0 Å². The largest absolute Gasteiger partial charge is 0.377 e. The summed E-state index contributed by atoms with van der Waals surface area (Å²) in [7, 11) is 0. The molecule has 1 aliphatic rings. The summed E-state index contributed by atoms with van der Waals surface area (Å²) in [5.74, 6) is -0.149. The van der Waals surface area contributed by atoms with Crippen LogP contribution in [0.15, 0.2) is 0 Å². The van der Waals surface area contributed by atoms with Crippen LogP contribution in [0.5, 0.6) is 0 Å². The third-order valence-corrected chi connectivity index (χ3v) is 2.50. The van der Waals surface area contributed by atoms with Crippen molar-refractivity contribution < 1.29 is 14.3 Å². The lowest BCUT2D eigenvalue weighted by molar-refractivity contribution is -0.121. The van der Waals surface area contributed by atoms with Crippen LogP contribution in [0.4, 0.5) is 0 Å². The van der Waals surface area contributed by atoms with Crippen molar-refractivity contribution in [3.63, 3.8) is 0 Å². The Morgan fingerprint density at radius 1 is 1.29 bits per heavy atom. The first-order valence-corrected chi connectivity index (χ1v) is 6.02. The van der Waals surface area contributed by atoms with Crippen molar-refractivity contribution in [2.75, 3.05) is 32.8 Å². The molecule has 6 nitrogen and oxygen atoms in total. The molecule has 2 amide bonds. The molecule has 3 N–H and O–H groups in total. The quantitative estimate of drug-likeness (QED) is 0.502. The molecule has 0 aromatic rings. The molecule has 0 bridgehead atoms. The van der Waals surface area contributed by atoms with Gasteiger partial charge in [0.2, 0.25) is 11.8 Å². The lowest BCUT2D eigenvalue weighted by Crippen LogP contribution is -2.40. The van der Waals surface area contributed by atoms with Gasteiger partial charge >= 0.3 is 0 Å². The van der Waals surface area contributed by atoms with Crippen LogP contribution in [0.3, 0.4) is 0 Å². The molecule has 0 aliphatic carbocycles. The lowest BCUT2D eigenvalue weighted by Gasteiger charge is -2.10. The molecule has 0 saturated carbocycles. The summed E-state index contributed by atoms with van der Waals surface area (Å²) in [5.41, 5.74) is 0. The molecular weight excluding hydrogens is 222 g/mol. The summed E-state index contributed by atoms with van der Waals surface area (Å²) in [4.78, 5) is 21.9. The SMILES string of the molecule is CC(=O)NCCNC(=O)CNCC1CCCO1. The average Bonchev–Trinajstić information content (AvgIpc) is 2.77. The van der Waals surface area contributed by atoms with E-state index in [-0.39, 0.29) is 17.9 Å². The topological polar surface area (TPSA) is 79.5 Å². The molecule has 0 spiro atoms. The van der Waals surface area contributed by atoms with Crippen LogP contribution < -0.4 is 16.0 Å². The van der Waals surface area contributed by atoms with E-state index in [1.165, 1.54) is 6.92 Å². The van der Waals surface area contributed by atoms with E-state index in [0.717, 1.165) is 26.0 Å². The van der Waals surface area contributed by atoms with Gasteiger partial charge in [-0.1, -0.05) is 0 Å². The first-order chi connectivity index (χ1) is 8.18. The number of ether oxygens (including phenoxy) is 1. The van der Waals surface area contributed by atoms with Gasteiger partial charge in [0.1, 0.15) is 0 Å². The van der Waals surface area contributed by atoms with Gasteiger partial charge in [0.25, 0.3) is 0 Å². The Bertz CT molecular complexity index is 252. The molecule has 1 heterocycles. The van der Waals surface area contributed by atoms with E-state index in [2.05, 4.69) is 16.0 Å². The number of hydrogen-bond donors (Lipinski definition) is 3. The molecule has 1 rings (SSSR count). The standard InChI is InChI=1S/C11H21N3O3/c1-9(15)13-4-5-14-11(16)8-12-7-10-3-2-6-17-10/h10,12H,2-8H2,1H3,(H,13,15)(H,14,16). The van der Waals surface area contributed by atoms with Crippen molar-refractivity contribution >= 4 is 11.8 Å². The summed E-state index contributed by atoms with van der Waals surface area (Å²) in [6, 6.07) is 0. The minimum Gasteiger partial charge on any atom is -0.377 e. The number of hydrogen-bond acceptors (Lipinski definition) is 4. The van der Waals surface area contributed by atoms with Crippen LogP contribution in [-0.2, 0) is 14.3 Å². The molecule has 98 valence electrons. The molecule has 17 heavy (non-hydrogen) atoms. The Morgan fingerprint density at radius 3 is 2.71 bits per heavy atom. The van der Waals surface area contributed by atoms with Gasteiger partial charge in [0.05, 0.1) is 12.6 Å². The van der Waals surface area contributed by atoms with Crippen molar-refractivity contribution in [1.82, 2.24) is 16.0 Å². The predicted molar refractivity (Wildman–Crippen MR) is 63.5 cm³/mol. The third kappa shape index (κ3) is 6.91. The minimum atomic E-state index is -0.0873. The molecule has 1 fully saturated rings. The van der Waals surface area contributed by atoms with Crippen molar-refractivity contribution in [3.05, 3.63) is 0 Å². The normalized spacial score (nSPS) is 19.0. The van der Waals surface area contributed by atoms with E-state index < -0.39 is 0 Å². The van der Waals surface area contributed by atoms with Gasteiger partial charge in [0, 0.05) is 33.2 Å². The van der Waals surface area contributed by atoms with Crippen LogP contribution in [0.25, 0.3) is 0 Å². The molecule has 1 saturated heterocycles. The highest BCUT2D eigenvalue weighted by Gasteiger charge is 2.14. The maximum Gasteiger partial charge on any atom is 0.234 e. The van der Waals surface area contributed by atoms with E-state index in [1.54, 1.807) is 0 Å². The summed E-state index contributed by atoms with van der Waals surface area (Å²) < 4.78 is 5.42. The van der Waals surface area contributed by atoms with E-state index in [0.29, 0.717) is 19.6 Å². The Morgan fingerprint density at radius 2 is 2.06 bits per heavy atom. The second-order valence-electron chi connectivity index (χ2n) is 4.10. The molecule has 1 atom stereocenters. The zero-order chi connectivity index (χ0) is 12.5. The predicted octanol–water partition coefficient (Wildman–Crippen LogP) is -0.993. The zero-order valence-corrected chi connectivity index (χ0v) is 10.3. The van der Waals surface area contributed by atoms with Gasteiger partial charge in [-0.3, -0.25) is 9.59 Å². The second-order valence-corrected chi connectivity index (χ2v) is 4.10. The van der Waals surface area contributed by atoms with Crippen LogP contribution in [0.1, 0.15) is 19.8 Å². The molecular formula is C11H21N3O3. The lowest BCUT2D eigenvalue weighted by atomic mass is 10.2. The number of rotatable bonds is 7. The average molecular weight is 243 g/mol. The number of nitrogens with one attached hydrogen (secondary N) is 3.